The summed E-state index contributed by atoms with van der Waals surface area (Å²) in [5, 5.41) is 0. The lowest BCUT2D eigenvalue weighted by atomic mass is 9.95. The van der Waals surface area contributed by atoms with Gasteiger partial charge in [-0.25, -0.2) is 0 Å². The Morgan fingerprint density at radius 3 is 2.00 bits per heavy atom. The van der Waals surface area contributed by atoms with Crippen LogP contribution in [0.4, 0.5) is 26.3 Å². The zero-order valence-corrected chi connectivity index (χ0v) is 12.2. The number of nitrogens with two attached hydrogens (primary N) is 1. The van der Waals surface area contributed by atoms with Gasteiger partial charge in [0.15, 0.2) is 0 Å². The Labute approximate surface area is 133 Å². The number of alkyl halides is 6. The van der Waals surface area contributed by atoms with Crippen molar-refractivity contribution in [2.75, 3.05) is 6.54 Å². The van der Waals surface area contributed by atoms with Gasteiger partial charge in [0.25, 0.3) is 0 Å². The molecule has 0 amide bonds. The van der Waals surface area contributed by atoms with Crippen molar-refractivity contribution < 1.29 is 31.1 Å². The van der Waals surface area contributed by atoms with Crippen molar-refractivity contribution in [2.24, 2.45) is 5.73 Å². The molecule has 130 valence electrons. The molecule has 24 heavy (non-hydrogen) atoms. The molecule has 0 aliphatic carbocycles. The molecule has 2 aromatic carbocycles. The van der Waals surface area contributed by atoms with Crippen LogP contribution in [0, 0.1) is 0 Å². The average Bonchev–Trinajstić information content (AvgIpc) is 2.46. The van der Waals surface area contributed by atoms with Crippen molar-refractivity contribution in [3.63, 3.8) is 0 Å². The Morgan fingerprint density at radius 1 is 0.875 bits per heavy atom. The third kappa shape index (κ3) is 4.64. The summed E-state index contributed by atoms with van der Waals surface area (Å²) >= 11 is 0. The highest BCUT2D eigenvalue weighted by atomic mass is 19.4. The van der Waals surface area contributed by atoms with E-state index in [2.05, 4.69) is 4.74 Å². The van der Waals surface area contributed by atoms with Crippen molar-refractivity contribution in [3.05, 3.63) is 53.6 Å². The molecule has 0 aliphatic rings. The van der Waals surface area contributed by atoms with E-state index in [1.165, 1.54) is 18.2 Å². The quantitative estimate of drug-likeness (QED) is 0.807. The summed E-state index contributed by atoms with van der Waals surface area (Å²) < 4.78 is 78.8. The summed E-state index contributed by atoms with van der Waals surface area (Å²) in [7, 11) is 0. The zero-order valence-electron chi connectivity index (χ0n) is 12.2. The summed E-state index contributed by atoms with van der Waals surface area (Å²) in [6.45, 7) is 0.230. The van der Waals surface area contributed by atoms with Crippen molar-refractivity contribution in [1.82, 2.24) is 0 Å². The Kier molecular flexibility index (Phi) is 5.08. The normalized spacial score (nSPS) is 12.3. The van der Waals surface area contributed by atoms with Gasteiger partial charge in [-0.2, -0.15) is 13.2 Å². The molecule has 0 bridgehead atoms. The number of hydrogen-bond donors (Lipinski definition) is 1. The molecule has 0 aliphatic heterocycles. The lowest BCUT2D eigenvalue weighted by Crippen LogP contribution is -2.16. The fourth-order valence-corrected chi connectivity index (χ4v) is 2.23. The topological polar surface area (TPSA) is 35.2 Å². The van der Waals surface area contributed by atoms with Crippen LogP contribution in [0.5, 0.6) is 5.75 Å². The van der Waals surface area contributed by atoms with Crippen LogP contribution < -0.4 is 10.5 Å². The molecule has 2 nitrogen and oxygen atoms in total. The van der Waals surface area contributed by atoms with Crippen LogP contribution in [0.25, 0.3) is 11.1 Å². The van der Waals surface area contributed by atoms with E-state index < -0.39 is 23.9 Å². The molecule has 0 atom stereocenters. The van der Waals surface area contributed by atoms with E-state index in [1.54, 1.807) is 0 Å². The predicted octanol–water partition coefficient (Wildman–Crippen LogP) is 4.77. The van der Waals surface area contributed by atoms with Crippen molar-refractivity contribution >= 4 is 0 Å². The summed E-state index contributed by atoms with van der Waals surface area (Å²) in [6.07, 6.45) is -9.01. The largest absolute Gasteiger partial charge is 0.573 e. The lowest BCUT2D eigenvalue weighted by molar-refractivity contribution is -0.274. The van der Waals surface area contributed by atoms with Gasteiger partial charge in [0.05, 0.1) is 5.56 Å². The highest BCUT2D eigenvalue weighted by Crippen LogP contribution is 2.35. The highest BCUT2D eigenvalue weighted by Gasteiger charge is 2.32. The van der Waals surface area contributed by atoms with Crippen molar-refractivity contribution in [2.45, 2.75) is 19.0 Å². The molecular weight excluding hydrogens is 336 g/mol. The maximum absolute atomic E-state index is 12.9. The SMILES string of the molecule is NCCc1ccc(C(F)(F)F)cc1-c1ccc(OC(F)(F)F)cc1. The first kappa shape index (κ1) is 18.1. The first-order valence-electron chi connectivity index (χ1n) is 6.86. The second-order valence-electron chi connectivity index (χ2n) is 4.98. The van der Waals surface area contributed by atoms with Gasteiger partial charge in [0.1, 0.15) is 5.75 Å². The monoisotopic (exact) mass is 349 g/mol. The Hall–Kier alpha value is -2.22. The van der Waals surface area contributed by atoms with Crippen LogP contribution in [0.1, 0.15) is 11.1 Å². The maximum Gasteiger partial charge on any atom is 0.573 e. The van der Waals surface area contributed by atoms with E-state index in [9.17, 15) is 26.3 Å². The molecule has 2 N–H and O–H groups in total. The van der Waals surface area contributed by atoms with Crippen molar-refractivity contribution in [1.29, 1.82) is 0 Å². The molecule has 0 aromatic heterocycles. The lowest BCUT2D eigenvalue weighted by Gasteiger charge is -2.14. The second-order valence-corrected chi connectivity index (χ2v) is 4.98. The minimum absolute atomic E-state index is 0.230. The molecular formula is C16H13F6NO. The summed E-state index contributed by atoms with van der Waals surface area (Å²) in [5.41, 5.74) is 5.82. The fourth-order valence-electron chi connectivity index (χ4n) is 2.23. The van der Waals surface area contributed by atoms with Gasteiger partial charge in [0.2, 0.25) is 0 Å². The molecule has 0 heterocycles. The average molecular weight is 349 g/mol. The fraction of sp³-hybridized carbons (Fsp3) is 0.250. The van der Waals surface area contributed by atoms with Gasteiger partial charge in [-0.3, -0.25) is 0 Å². The first-order valence-corrected chi connectivity index (χ1v) is 6.86. The van der Waals surface area contributed by atoms with E-state index in [-0.39, 0.29) is 12.1 Å². The molecule has 8 heteroatoms. The molecule has 2 rings (SSSR count). The van der Waals surface area contributed by atoms with Gasteiger partial charge >= 0.3 is 12.5 Å². The number of halogens is 6. The Morgan fingerprint density at radius 2 is 1.50 bits per heavy atom. The molecule has 0 saturated heterocycles. The smallest absolute Gasteiger partial charge is 0.406 e. The number of benzene rings is 2. The van der Waals surface area contributed by atoms with E-state index in [4.69, 9.17) is 5.73 Å². The van der Waals surface area contributed by atoms with Crippen LogP contribution >= 0.6 is 0 Å². The standard InChI is InChI=1S/C16H13F6NO/c17-15(18,19)12-4-1-11(7-8-23)14(9-12)10-2-5-13(6-3-10)24-16(20,21)22/h1-6,9H,7-8,23H2. The van der Waals surface area contributed by atoms with Gasteiger partial charge < -0.3 is 10.5 Å². The summed E-state index contributed by atoms with van der Waals surface area (Å²) in [5.74, 6) is -0.446. The molecule has 0 fully saturated rings. The van der Waals surface area contributed by atoms with Crippen LogP contribution in [-0.4, -0.2) is 12.9 Å². The maximum atomic E-state index is 12.9. The highest BCUT2D eigenvalue weighted by molar-refractivity contribution is 5.69. The molecule has 0 unspecified atom stereocenters. The number of rotatable bonds is 4. The summed E-state index contributed by atoms with van der Waals surface area (Å²) in [4.78, 5) is 0. The molecule has 0 saturated carbocycles. The third-order valence-corrected chi connectivity index (χ3v) is 3.25. The minimum Gasteiger partial charge on any atom is -0.406 e. The van der Waals surface area contributed by atoms with E-state index in [0.29, 0.717) is 17.5 Å². The predicted molar refractivity (Wildman–Crippen MR) is 76.3 cm³/mol. The van der Waals surface area contributed by atoms with E-state index >= 15 is 0 Å². The molecule has 0 radical (unpaired) electrons. The molecule has 2 aromatic rings. The first-order chi connectivity index (χ1) is 11.1. The third-order valence-electron chi connectivity index (χ3n) is 3.25. The number of hydrogen-bond acceptors (Lipinski definition) is 2. The van der Waals surface area contributed by atoms with Gasteiger partial charge in [-0.15, -0.1) is 13.2 Å². The van der Waals surface area contributed by atoms with Crippen molar-refractivity contribution in [3.8, 4) is 16.9 Å². The minimum atomic E-state index is -4.83. The Bertz CT molecular complexity index is 691. The van der Waals surface area contributed by atoms with E-state index in [1.807, 2.05) is 0 Å². The Balaban J connectivity index is 2.42. The van der Waals surface area contributed by atoms with Crippen LogP contribution in [0.3, 0.4) is 0 Å². The van der Waals surface area contributed by atoms with Gasteiger partial charge in [0, 0.05) is 0 Å². The zero-order chi connectivity index (χ0) is 18.0. The second kappa shape index (κ2) is 6.72. The molecule has 0 spiro atoms. The van der Waals surface area contributed by atoms with Crippen LogP contribution in [0.2, 0.25) is 0 Å². The summed E-state index contributed by atoms with van der Waals surface area (Å²) in [6, 6.07) is 7.89. The number of ether oxygens (including phenoxy) is 1. The van der Waals surface area contributed by atoms with Gasteiger partial charge in [-0.05, 0) is 53.9 Å². The van der Waals surface area contributed by atoms with Crippen LogP contribution in [0.15, 0.2) is 42.5 Å². The van der Waals surface area contributed by atoms with Gasteiger partial charge in [-0.1, -0.05) is 18.2 Å². The van der Waals surface area contributed by atoms with Crippen LogP contribution in [-0.2, 0) is 12.6 Å². The van der Waals surface area contributed by atoms with E-state index in [0.717, 1.165) is 24.3 Å².